The molecule has 0 atom stereocenters. The van der Waals surface area contributed by atoms with Crippen molar-refractivity contribution in [2.45, 2.75) is 31.1 Å². The highest BCUT2D eigenvalue weighted by Crippen LogP contribution is 2.46. The molecule has 1 saturated carbocycles. The Morgan fingerprint density at radius 1 is 1.44 bits per heavy atom. The molecule has 0 aromatic carbocycles. The topological polar surface area (TPSA) is 30.7 Å². The number of aryl methyl sites for hydroxylation is 2. The molecule has 2 aromatic heterocycles. The lowest BCUT2D eigenvalue weighted by Crippen LogP contribution is -2.06. The third kappa shape index (κ3) is 1.77. The number of pyridine rings is 1. The van der Waals surface area contributed by atoms with Crippen molar-refractivity contribution in [3.63, 3.8) is 0 Å². The van der Waals surface area contributed by atoms with Gasteiger partial charge >= 0.3 is 5.38 Å². The molecule has 2 heterocycles. The summed E-state index contributed by atoms with van der Waals surface area (Å²) >= 11 is 5.22. The first-order chi connectivity index (χ1) is 8.38. The lowest BCUT2D eigenvalue weighted by Gasteiger charge is -2.11. The van der Waals surface area contributed by atoms with Crippen LogP contribution in [-0.2, 0) is 12.4 Å². The number of hydrogen-bond donors (Lipinski definition) is 0. The Morgan fingerprint density at radius 2 is 2.11 bits per heavy atom. The fourth-order valence-electron chi connectivity index (χ4n) is 2.27. The van der Waals surface area contributed by atoms with Gasteiger partial charge in [-0.2, -0.15) is 13.9 Å². The van der Waals surface area contributed by atoms with Crippen molar-refractivity contribution in [2.75, 3.05) is 0 Å². The lowest BCUT2D eigenvalue weighted by molar-refractivity contribution is 0.0966. The number of aromatic nitrogens is 3. The molecule has 1 fully saturated rings. The van der Waals surface area contributed by atoms with Crippen LogP contribution in [0, 0.1) is 6.92 Å². The molecule has 96 valence electrons. The van der Waals surface area contributed by atoms with Gasteiger partial charge < -0.3 is 0 Å². The minimum Gasteiger partial charge on any atom is -0.250 e. The lowest BCUT2D eigenvalue weighted by atomic mass is 10.1. The minimum atomic E-state index is -3.39. The SMILES string of the molecule is Cc1cc(C(F)(F)Cl)c2c(C3CC3)nn(C)c2n1. The predicted molar refractivity (Wildman–Crippen MR) is 65.0 cm³/mol. The van der Waals surface area contributed by atoms with E-state index in [-0.39, 0.29) is 11.5 Å². The molecular weight excluding hydrogens is 260 g/mol. The first-order valence-electron chi connectivity index (χ1n) is 5.79. The van der Waals surface area contributed by atoms with Crippen LogP contribution in [-0.4, -0.2) is 14.8 Å². The van der Waals surface area contributed by atoms with Gasteiger partial charge in [-0.15, -0.1) is 0 Å². The van der Waals surface area contributed by atoms with Crippen LogP contribution in [0.25, 0.3) is 11.0 Å². The zero-order valence-electron chi connectivity index (χ0n) is 10.0. The molecule has 3 nitrogen and oxygen atoms in total. The standard InChI is InChI=1S/C12H12ClF2N3/c1-6-5-8(12(13,14)15)9-10(7-3-4-7)17-18(2)11(9)16-6/h5,7H,3-4H2,1-2H3. The van der Waals surface area contributed by atoms with Gasteiger partial charge in [-0.3, -0.25) is 4.68 Å². The summed E-state index contributed by atoms with van der Waals surface area (Å²) in [6.45, 7) is 1.68. The normalized spacial score (nSPS) is 16.5. The van der Waals surface area contributed by atoms with Crippen molar-refractivity contribution >= 4 is 22.6 Å². The molecule has 1 aliphatic rings. The molecule has 2 aromatic rings. The molecule has 0 radical (unpaired) electrons. The summed E-state index contributed by atoms with van der Waals surface area (Å²) in [7, 11) is 1.72. The Balaban J connectivity index is 2.39. The van der Waals surface area contributed by atoms with Crippen molar-refractivity contribution in [1.29, 1.82) is 0 Å². The average molecular weight is 272 g/mol. The van der Waals surface area contributed by atoms with Crippen molar-refractivity contribution in [1.82, 2.24) is 14.8 Å². The van der Waals surface area contributed by atoms with Crippen LogP contribution in [0.1, 0.15) is 35.7 Å². The Morgan fingerprint density at radius 3 is 2.67 bits per heavy atom. The van der Waals surface area contributed by atoms with Crippen molar-refractivity contribution < 1.29 is 8.78 Å². The third-order valence-corrected chi connectivity index (χ3v) is 3.42. The molecule has 0 spiro atoms. The van der Waals surface area contributed by atoms with Crippen LogP contribution in [0.3, 0.4) is 0 Å². The van der Waals surface area contributed by atoms with E-state index in [0.29, 0.717) is 22.4 Å². The summed E-state index contributed by atoms with van der Waals surface area (Å²) in [4.78, 5) is 4.29. The number of rotatable bonds is 2. The van der Waals surface area contributed by atoms with Gasteiger partial charge in [0.25, 0.3) is 0 Å². The van der Waals surface area contributed by atoms with Crippen molar-refractivity contribution in [2.24, 2.45) is 7.05 Å². The van der Waals surface area contributed by atoms with E-state index >= 15 is 0 Å². The van der Waals surface area contributed by atoms with Crippen molar-refractivity contribution in [3.05, 3.63) is 23.0 Å². The van der Waals surface area contributed by atoms with Gasteiger partial charge in [0.2, 0.25) is 0 Å². The molecule has 18 heavy (non-hydrogen) atoms. The highest BCUT2D eigenvalue weighted by Gasteiger charge is 2.37. The van der Waals surface area contributed by atoms with E-state index in [1.807, 2.05) is 0 Å². The maximum absolute atomic E-state index is 13.5. The minimum absolute atomic E-state index is 0.179. The van der Waals surface area contributed by atoms with E-state index in [4.69, 9.17) is 11.6 Å². The van der Waals surface area contributed by atoms with Gasteiger partial charge in [0.1, 0.15) is 0 Å². The van der Waals surface area contributed by atoms with Crippen LogP contribution in [0.4, 0.5) is 8.78 Å². The van der Waals surface area contributed by atoms with E-state index in [9.17, 15) is 8.78 Å². The predicted octanol–water partition coefficient (Wildman–Crippen LogP) is 3.44. The van der Waals surface area contributed by atoms with Gasteiger partial charge in [0.15, 0.2) is 5.65 Å². The summed E-state index contributed by atoms with van der Waals surface area (Å²) in [5.74, 6) is 0.274. The Labute approximate surface area is 108 Å². The molecule has 6 heteroatoms. The van der Waals surface area contributed by atoms with E-state index in [1.54, 1.807) is 18.7 Å². The molecular formula is C12H12ClF2N3. The number of halogens is 3. The Bertz CT molecular complexity index is 626. The van der Waals surface area contributed by atoms with Gasteiger partial charge in [0.05, 0.1) is 16.6 Å². The van der Waals surface area contributed by atoms with Crippen molar-refractivity contribution in [3.8, 4) is 0 Å². The van der Waals surface area contributed by atoms with E-state index in [0.717, 1.165) is 12.8 Å². The maximum atomic E-state index is 13.5. The molecule has 1 aliphatic carbocycles. The number of alkyl halides is 3. The van der Waals surface area contributed by atoms with Crippen LogP contribution < -0.4 is 0 Å². The van der Waals surface area contributed by atoms with E-state index in [1.165, 1.54) is 6.07 Å². The van der Waals surface area contributed by atoms with E-state index < -0.39 is 5.38 Å². The summed E-state index contributed by atoms with van der Waals surface area (Å²) in [6, 6.07) is 1.35. The average Bonchev–Trinajstić information content (AvgIpc) is 3.03. The molecule has 0 amide bonds. The number of fused-ring (bicyclic) bond motifs is 1. The van der Waals surface area contributed by atoms with Gasteiger partial charge in [-0.25, -0.2) is 4.98 Å². The number of nitrogens with zero attached hydrogens (tertiary/aromatic N) is 3. The second-order valence-corrected chi connectivity index (χ2v) is 5.27. The first kappa shape index (κ1) is 11.8. The summed E-state index contributed by atoms with van der Waals surface area (Å²) in [5, 5.41) is 1.36. The second-order valence-electron chi connectivity index (χ2n) is 4.79. The van der Waals surface area contributed by atoms with Gasteiger partial charge in [-0.05, 0) is 37.4 Å². The third-order valence-electron chi connectivity index (χ3n) is 3.22. The van der Waals surface area contributed by atoms with E-state index in [2.05, 4.69) is 10.1 Å². The molecule has 0 saturated heterocycles. The van der Waals surface area contributed by atoms with Crippen LogP contribution >= 0.6 is 11.6 Å². The summed E-state index contributed by atoms with van der Waals surface area (Å²) < 4.78 is 28.6. The van der Waals surface area contributed by atoms with Gasteiger partial charge in [0, 0.05) is 18.7 Å². The largest absolute Gasteiger partial charge is 0.349 e. The molecule has 3 rings (SSSR count). The second kappa shape index (κ2) is 3.63. The molecule has 0 N–H and O–H groups in total. The maximum Gasteiger partial charge on any atom is 0.349 e. The summed E-state index contributed by atoms with van der Waals surface area (Å²) in [6.07, 6.45) is 1.99. The summed E-state index contributed by atoms with van der Waals surface area (Å²) in [5.41, 5.74) is 1.52. The molecule has 0 aliphatic heterocycles. The van der Waals surface area contributed by atoms with Crippen LogP contribution in [0.5, 0.6) is 0 Å². The first-order valence-corrected chi connectivity index (χ1v) is 6.17. The number of hydrogen-bond acceptors (Lipinski definition) is 2. The molecule has 0 unspecified atom stereocenters. The molecule has 0 bridgehead atoms. The monoisotopic (exact) mass is 271 g/mol. The van der Waals surface area contributed by atoms with Crippen LogP contribution in [0.15, 0.2) is 6.07 Å². The fraction of sp³-hybridized carbons (Fsp3) is 0.500. The highest BCUT2D eigenvalue weighted by molar-refractivity contribution is 6.22. The Kier molecular flexibility index (Phi) is 2.39. The van der Waals surface area contributed by atoms with Crippen LogP contribution in [0.2, 0.25) is 0 Å². The zero-order valence-corrected chi connectivity index (χ0v) is 10.8. The highest BCUT2D eigenvalue weighted by atomic mass is 35.5. The Hall–Kier alpha value is -1.23. The van der Waals surface area contributed by atoms with Gasteiger partial charge in [-0.1, -0.05) is 0 Å². The smallest absolute Gasteiger partial charge is 0.250 e. The quantitative estimate of drug-likeness (QED) is 0.784. The zero-order chi connectivity index (χ0) is 13.1. The fourth-order valence-corrected chi connectivity index (χ4v) is 2.42.